The average molecular weight is 483 g/mol. The summed E-state index contributed by atoms with van der Waals surface area (Å²) in [6, 6.07) is 11.2. The van der Waals surface area contributed by atoms with Crippen LogP contribution in [-0.2, 0) is 16.0 Å². The van der Waals surface area contributed by atoms with E-state index < -0.39 is 30.0 Å². The second-order valence-corrected chi connectivity index (χ2v) is 6.16. The normalized spacial score (nSPS) is 11.4. The van der Waals surface area contributed by atoms with Crippen molar-refractivity contribution in [2.45, 2.75) is 24.5 Å². The number of hydrogen-bond donors (Lipinski definition) is 2. The summed E-state index contributed by atoms with van der Waals surface area (Å²) in [6.07, 6.45) is -0.208. The Kier molecular flexibility index (Phi) is 9.93. The van der Waals surface area contributed by atoms with E-state index in [1.807, 2.05) is 0 Å². The molecular weight excluding hydrogens is 468 g/mol. The van der Waals surface area contributed by atoms with Crippen molar-refractivity contribution in [1.29, 1.82) is 0 Å². The van der Waals surface area contributed by atoms with Gasteiger partial charge in [-0.3, -0.25) is 9.59 Å². The van der Waals surface area contributed by atoms with Crippen LogP contribution in [0.3, 0.4) is 0 Å². The molecule has 0 fully saturated rings. The molecule has 158 valence electrons. The Hall–Kier alpha value is -2.82. The molecule has 0 aliphatic rings. The molecule has 0 radical (unpaired) electrons. The maximum absolute atomic E-state index is 11.9. The van der Waals surface area contributed by atoms with Gasteiger partial charge in [0.2, 0.25) is 0 Å². The third-order valence-corrected chi connectivity index (χ3v) is 3.99. The predicted octanol–water partition coefficient (Wildman–Crippen LogP) is 4.72. The van der Waals surface area contributed by atoms with Crippen molar-refractivity contribution in [3.05, 3.63) is 59.7 Å². The highest BCUT2D eigenvalue weighted by atomic mass is 79.9. The van der Waals surface area contributed by atoms with Gasteiger partial charge in [0, 0.05) is 0 Å². The van der Waals surface area contributed by atoms with E-state index in [4.69, 9.17) is 10.2 Å². The fourth-order valence-corrected chi connectivity index (χ4v) is 2.28. The molecule has 1 atom stereocenters. The Labute approximate surface area is 170 Å². The summed E-state index contributed by atoms with van der Waals surface area (Å²) in [5.74, 6) is -2.20. The number of aliphatic carboxylic acids is 2. The van der Waals surface area contributed by atoms with Gasteiger partial charge in [0.15, 0.2) is 0 Å². The highest BCUT2D eigenvalue weighted by Gasteiger charge is 2.16. The number of hydrogen-bond acceptors (Lipinski definition) is 4. The number of carbonyl (C=O) groups is 2. The fourth-order valence-electron chi connectivity index (χ4n) is 2.00. The molecule has 29 heavy (non-hydrogen) atoms. The summed E-state index contributed by atoms with van der Waals surface area (Å²) in [5.41, 5.74) is 0.774. The lowest BCUT2D eigenvalue weighted by molar-refractivity contribution is -0.137. The van der Waals surface area contributed by atoms with Crippen molar-refractivity contribution >= 4 is 27.9 Å². The SMILES string of the molecule is O=C(O)C(Br)c1cccc(OC(F)F)c1.O=C(O)Cc1cccc(OC(F)F)c1. The van der Waals surface area contributed by atoms with Gasteiger partial charge in [-0.2, -0.15) is 17.6 Å². The molecule has 0 saturated carbocycles. The van der Waals surface area contributed by atoms with Crippen molar-refractivity contribution in [3.8, 4) is 11.5 Å². The fraction of sp³-hybridized carbons (Fsp3) is 0.222. The number of carboxylic acids is 2. The van der Waals surface area contributed by atoms with Gasteiger partial charge in [0.1, 0.15) is 16.3 Å². The summed E-state index contributed by atoms with van der Waals surface area (Å²) >= 11 is 2.91. The Morgan fingerprint density at radius 1 is 0.897 bits per heavy atom. The topological polar surface area (TPSA) is 93.1 Å². The molecule has 2 aromatic rings. The third kappa shape index (κ3) is 9.79. The number of alkyl halides is 5. The molecule has 0 heterocycles. The van der Waals surface area contributed by atoms with Crippen LogP contribution < -0.4 is 9.47 Å². The molecular formula is C18H15BrF4O6. The van der Waals surface area contributed by atoms with E-state index in [9.17, 15) is 27.2 Å². The molecule has 0 saturated heterocycles. The summed E-state index contributed by atoms with van der Waals surface area (Å²) in [4.78, 5) is 20.0. The van der Waals surface area contributed by atoms with E-state index in [2.05, 4.69) is 25.4 Å². The minimum Gasteiger partial charge on any atom is -0.481 e. The summed E-state index contributed by atoms with van der Waals surface area (Å²) < 4.78 is 55.5. The molecule has 2 aromatic carbocycles. The Morgan fingerprint density at radius 3 is 1.90 bits per heavy atom. The smallest absolute Gasteiger partial charge is 0.387 e. The van der Waals surface area contributed by atoms with Crippen LogP contribution in [0.1, 0.15) is 16.0 Å². The Bertz CT molecular complexity index is 818. The van der Waals surface area contributed by atoms with Crippen LogP contribution >= 0.6 is 15.9 Å². The zero-order chi connectivity index (χ0) is 22.0. The maximum Gasteiger partial charge on any atom is 0.387 e. The first-order valence-electron chi connectivity index (χ1n) is 7.75. The lowest BCUT2D eigenvalue weighted by Gasteiger charge is -2.08. The summed E-state index contributed by atoms with van der Waals surface area (Å²) in [5, 5.41) is 17.1. The van der Waals surface area contributed by atoms with Gasteiger partial charge in [-0.15, -0.1) is 0 Å². The predicted molar refractivity (Wildman–Crippen MR) is 96.8 cm³/mol. The van der Waals surface area contributed by atoms with Crippen LogP contribution in [0.4, 0.5) is 17.6 Å². The molecule has 6 nitrogen and oxygen atoms in total. The van der Waals surface area contributed by atoms with Crippen LogP contribution in [0.25, 0.3) is 0 Å². The average Bonchev–Trinajstić information content (AvgIpc) is 2.60. The van der Waals surface area contributed by atoms with Gasteiger partial charge >= 0.3 is 25.2 Å². The molecule has 1 unspecified atom stereocenters. The number of benzene rings is 2. The Morgan fingerprint density at radius 2 is 1.41 bits per heavy atom. The van der Waals surface area contributed by atoms with Crippen molar-refractivity contribution in [2.24, 2.45) is 0 Å². The number of carboxylic acid groups (broad SMARTS) is 2. The molecule has 2 rings (SSSR count). The van der Waals surface area contributed by atoms with Crippen LogP contribution in [0.15, 0.2) is 48.5 Å². The number of ether oxygens (including phenoxy) is 2. The number of rotatable bonds is 8. The van der Waals surface area contributed by atoms with Gasteiger partial charge in [0.25, 0.3) is 0 Å². The Balaban J connectivity index is 0.000000291. The van der Waals surface area contributed by atoms with Crippen molar-refractivity contribution in [1.82, 2.24) is 0 Å². The first-order valence-corrected chi connectivity index (χ1v) is 8.67. The molecule has 0 amide bonds. The second-order valence-electron chi connectivity index (χ2n) is 5.25. The highest BCUT2D eigenvalue weighted by molar-refractivity contribution is 9.09. The standard InChI is InChI=1S/C9H7BrF2O3.C9H8F2O3/c10-7(8(13)14)5-2-1-3-6(4-5)15-9(11)12;10-9(11)14-7-3-1-2-6(4-7)5-8(12)13/h1-4,7,9H,(H,13,14);1-4,9H,5H2,(H,12,13). The van der Waals surface area contributed by atoms with Gasteiger partial charge < -0.3 is 19.7 Å². The molecule has 0 aromatic heterocycles. The maximum atomic E-state index is 11.9. The zero-order valence-corrected chi connectivity index (χ0v) is 16.1. The van der Waals surface area contributed by atoms with E-state index >= 15 is 0 Å². The van der Waals surface area contributed by atoms with Crippen molar-refractivity contribution < 1.29 is 46.8 Å². The molecule has 0 aliphatic heterocycles. The first kappa shape index (κ1) is 24.2. The second kappa shape index (κ2) is 11.9. The van der Waals surface area contributed by atoms with E-state index in [-0.39, 0.29) is 17.9 Å². The van der Waals surface area contributed by atoms with Crippen LogP contribution in [0.5, 0.6) is 11.5 Å². The minimum atomic E-state index is -2.92. The largest absolute Gasteiger partial charge is 0.481 e. The van der Waals surface area contributed by atoms with Gasteiger partial charge in [-0.05, 0) is 35.4 Å². The quantitative estimate of drug-likeness (QED) is 0.417. The van der Waals surface area contributed by atoms with Crippen molar-refractivity contribution in [3.63, 3.8) is 0 Å². The van der Waals surface area contributed by atoms with E-state index in [1.165, 1.54) is 48.5 Å². The minimum absolute atomic E-state index is 0.0289. The lowest BCUT2D eigenvalue weighted by Crippen LogP contribution is -2.06. The van der Waals surface area contributed by atoms with Gasteiger partial charge in [0.05, 0.1) is 6.42 Å². The lowest BCUT2D eigenvalue weighted by atomic mass is 10.1. The highest BCUT2D eigenvalue weighted by Crippen LogP contribution is 2.26. The van der Waals surface area contributed by atoms with Crippen LogP contribution in [-0.4, -0.2) is 35.4 Å². The van der Waals surface area contributed by atoms with Crippen LogP contribution in [0.2, 0.25) is 0 Å². The van der Waals surface area contributed by atoms with Crippen LogP contribution in [0, 0.1) is 0 Å². The van der Waals surface area contributed by atoms with Crippen molar-refractivity contribution in [2.75, 3.05) is 0 Å². The van der Waals surface area contributed by atoms with Gasteiger partial charge in [-0.25, -0.2) is 0 Å². The third-order valence-electron chi connectivity index (χ3n) is 3.07. The molecule has 0 bridgehead atoms. The van der Waals surface area contributed by atoms with E-state index in [0.29, 0.717) is 11.1 Å². The number of halogens is 5. The first-order chi connectivity index (χ1) is 13.6. The molecule has 0 spiro atoms. The summed E-state index contributed by atoms with van der Waals surface area (Å²) in [6.45, 7) is -5.81. The van der Waals surface area contributed by atoms with E-state index in [0.717, 1.165) is 0 Å². The van der Waals surface area contributed by atoms with Gasteiger partial charge in [-0.1, -0.05) is 40.2 Å². The monoisotopic (exact) mass is 482 g/mol. The molecule has 0 aliphatic carbocycles. The zero-order valence-electron chi connectivity index (χ0n) is 14.5. The molecule has 2 N–H and O–H groups in total. The molecule has 11 heteroatoms. The van der Waals surface area contributed by atoms with E-state index in [1.54, 1.807) is 0 Å². The summed E-state index contributed by atoms with van der Waals surface area (Å²) in [7, 11) is 0.